The molecule has 1 heterocycles. The summed E-state index contributed by atoms with van der Waals surface area (Å²) in [5, 5.41) is 13.4. The van der Waals surface area contributed by atoms with E-state index in [9.17, 15) is 9.90 Å². The first-order valence-electron chi connectivity index (χ1n) is 15.6. The topological polar surface area (TPSA) is 63.1 Å². The second-order valence-electron chi connectivity index (χ2n) is 13.1. The zero-order valence-corrected chi connectivity index (χ0v) is 29.7. The Kier molecular flexibility index (Phi) is 11.1. The summed E-state index contributed by atoms with van der Waals surface area (Å²) in [6, 6.07) is 18.8. The second-order valence-corrected chi connectivity index (χ2v) is 13.1. The standard InChI is InChI=1S/C25H23N2.C13H24O2.Ir/c1-24(2,3)16-12-19-21-20(13-16)26-14-27-23(21)18-11-10-15-8-6-7-9-17(15)22(18)25(19,4)5;1-5-10(6-2)12(14)9-13(15)11(7-3)8-4;/h6-10,12-14H,1-5H3;9-11,14H,5-8H2,1-4H3;/q-1;;/b;12-9-;. The second kappa shape index (κ2) is 13.8. The number of aliphatic hydroxyl groups excluding tert-OH is 1. The van der Waals surface area contributed by atoms with Crippen LogP contribution in [0.5, 0.6) is 0 Å². The summed E-state index contributed by atoms with van der Waals surface area (Å²) in [5.41, 5.74) is 7.02. The van der Waals surface area contributed by atoms with Gasteiger partial charge in [-0.3, -0.25) is 9.78 Å². The largest absolute Gasteiger partial charge is 0.512 e. The molecule has 0 fully saturated rings. The van der Waals surface area contributed by atoms with E-state index in [0.717, 1.165) is 42.5 Å². The van der Waals surface area contributed by atoms with E-state index in [-0.39, 0.29) is 54.3 Å². The van der Waals surface area contributed by atoms with E-state index in [1.807, 2.05) is 27.7 Å². The Hall–Kier alpha value is -2.88. The van der Waals surface area contributed by atoms with Crippen molar-refractivity contribution in [3.63, 3.8) is 0 Å². The molecule has 0 saturated carbocycles. The maximum Gasteiger partial charge on any atom is 0.162 e. The number of aliphatic hydroxyl groups is 1. The minimum absolute atomic E-state index is 0. The molecular weight excluding hydrogens is 709 g/mol. The molecule has 4 nitrogen and oxygen atoms in total. The van der Waals surface area contributed by atoms with Crippen molar-refractivity contribution in [2.75, 3.05) is 0 Å². The quantitative estimate of drug-likeness (QED) is 0.116. The van der Waals surface area contributed by atoms with Crippen LogP contribution in [0.25, 0.3) is 32.9 Å². The number of ketones is 1. The molecule has 1 N–H and O–H groups in total. The molecule has 43 heavy (non-hydrogen) atoms. The van der Waals surface area contributed by atoms with Crippen LogP contribution in [0.4, 0.5) is 0 Å². The predicted molar refractivity (Wildman–Crippen MR) is 176 cm³/mol. The van der Waals surface area contributed by atoms with Crippen LogP contribution in [-0.2, 0) is 35.7 Å². The molecule has 0 amide bonds. The maximum atomic E-state index is 11.7. The van der Waals surface area contributed by atoms with Gasteiger partial charge in [-0.05, 0) is 64.8 Å². The van der Waals surface area contributed by atoms with E-state index in [0.29, 0.717) is 0 Å². The van der Waals surface area contributed by atoms with Gasteiger partial charge in [0.05, 0.1) is 11.3 Å². The van der Waals surface area contributed by atoms with Gasteiger partial charge in [0, 0.05) is 38.0 Å². The molecule has 0 aliphatic heterocycles. The van der Waals surface area contributed by atoms with Crippen LogP contribution in [0.2, 0.25) is 0 Å². The number of allylic oxidation sites excluding steroid dienone is 2. The number of carbonyl (C=O) groups excluding carboxylic acids is 1. The van der Waals surface area contributed by atoms with E-state index in [1.54, 1.807) is 6.33 Å². The van der Waals surface area contributed by atoms with E-state index in [1.165, 1.54) is 38.9 Å². The Labute approximate surface area is 271 Å². The Morgan fingerprint density at radius 3 is 2.21 bits per heavy atom. The Morgan fingerprint density at radius 1 is 0.977 bits per heavy atom. The van der Waals surface area contributed by atoms with Gasteiger partial charge in [0.25, 0.3) is 0 Å². The molecular formula is C38H47IrN2O2-. The first-order valence-corrected chi connectivity index (χ1v) is 15.6. The van der Waals surface area contributed by atoms with Gasteiger partial charge in [0.1, 0.15) is 6.33 Å². The van der Waals surface area contributed by atoms with Gasteiger partial charge in [-0.2, -0.15) is 0 Å². The summed E-state index contributed by atoms with van der Waals surface area (Å²) in [4.78, 5) is 21.1. The molecule has 0 bridgehead atoms. The van der Waals surface area contributed by atoms with Crippen LogP contribution in [0.1, 0.15) is 105 Å². The van der Waals surface area contributed by atoms with Gasteiger partial charge in [-0.25, -0.2) is 4.98 Å². The number of fused-ring (bicyclic) bond motifs is 4. The first-order chi connectivity index (χ1) is 19.9. The van der Waals surface area contributed by atoms with Gasteiger partial charge in [-0.1, -0.05) is 103 Å². The van der Waals surface area contributed by atoms with Crippen LogP contribution < -0.4 is 0 Å². The van der Waals surface area contributed by atoms with Crippen molar-refractivity contribution in [2.45, 2.75) is 98.8 Å². The zero-order valence-electron chi connectivity index (χ0n) is 27.3. The monoisotopic (exact) mass is 756 g/mol. The summed E-state index contributed by atoms with van der Waals surface area (Å²) in [6.07, 6.45) is 6.60. The maximum absolute atomic E-state index is 11.7. The molecule has 4 aromatic rings. The van der Waals surface area contributed by atoms with E-state index < -0.39 is 0 Å². The molecule has 1 aliphatic rings. The van der Waals surface area contributed by atoms with Crippen molar-refractivity contribution in [3.8, 4) is 11.3 Å². The average Bonchev–Trinajstić information content (AvgIpc) is 2.96. The fourth-order valence-electron chi connectivity index (χ4n) is 6.26. The van der Waals surface area contributed by atoms with Crippen LogP contribution in [0.15, 0.2) is 60.6 Å². The summed E-state index contributed by atoms with van der Waals surface area (Å²) in [5.74, 6) is 0.547. The van der Waals surface area contributed by atoms with Gasteiger partial charge < -0.3 is 5.11 Å². The number of hydrogen-bond donors (Lipinski definition) is 1. The van der Waals surface area contributed by atoms with Crippen LogP contribution >= 0.6 is 0 Å². The average molecular weight is 756 g/mol. The third-order valence-electron chi connectivity index (χ3n) is 9.07. The van der Waals surface area contributed by atoms with Crippen molar-refractivity contribution >= 4 is 27.5 Å². The van der Waals surface area contributed by atoms with Gasteiger partial charge in [0.15, 0.2) is 5.78 Å². The van der Waals surface area contributed by atoms with Crippen molar-refractivity contribution in [1.29, 1.82) is 0 Å². The number of benzene rings is 3. The molecule has 0 spiro atoms. The number of nitrogens with zero attached hydrogens (tertiary/aromatic N) is 2. The molecule has 231 valence electrons. The summed E-state index contributed by atoms with van der Waals surface area (Å²) >= 11 is 0. The van der Waals surface area contributed by atoms with Crippen LogP contribution in [-0.4, -0.2) is 20.9 Å². The SMILES string of the molecule is CC(C)(C)c1cc2c3c(ncnc3c1)-c1[c-]cc3ccccc3c1C2(C)C.CCC(CC)C(=O)/C=C(\O)C(CC)CC.[Ir]. The number of rotatable bonds is 7. The Morgan fingerprint density at radius 2 is 1.60 bits per heavy atom. The van der Waals surface area contributed by atoms with Crippen molar-refractivity contribution in [1.82, 2.24) is 9.97 Å². The molecule has 1 radical (unpaired) electrons. The van der Waals surface area contributed by atoms with E-state index in [4.69, 9.17) is 4.98 Å². The first kappa shape index (κ1) is 34.6. The van der Waals surface area contributed by atoms with Crippen LogP contribution in [0, 0.1) is 17.9 Å². The molecule has 1 aliphatic carbocycles. The molecule has 3 aromatic carbocycles. The molecule has 0 atom stereocenters. The zero-order chi connectivity index (χ0) is 30.8. The third kappa shape index (κ3) is 6.79. The molecule has 0 saturated heterocycles. The predicted octanol–water partition coefficient (Wildman–Crippen LogP) is 10.1. The van der Waals surface area contributed by atoms with Gasteiger partial charge in [-0.15, -0.1) is 23.3 Å². The van der Waals surface area contributed by atoms with Crippen LogP contribution in [0.3, 0.4) is 0 Å². The summed E-state index contributed by atoms with van der Waals surface area (Å²) in [7, 11) is 0. The minimum Gasteiger partial charge on any atom is -0.512 e. The van der Waals surface area contributed by atoms with Crippen molar-refractivity contribution in [2.24, 2.45) is 11.8 Å². The number of carbonyl (C=O) groups is 1. The Balaban J connectivity index is 0.000000274. The minimum atomic E-state index is -0.149. The summed E-state index contributed by atoms with van der Waals surface area (Å²) in [6.45, 7) is 19.5. The van der Waals surface area contributed by atoms with Gasteiger partial charge >= 0.3 is 0 Å². The van der Waals surface area contributed by atoms with Gasteiger partial charge in [0.2, 0.25) is 0 Å². The Bertz CT molecular complexity index is 1620. The molecule has 5 rings (SSSR count). The van der Waals surface area contributed by atoms with Crippen molar-refractivity contribution in [3.05, 3.63) is 83.4 Å². The van der Waals surface area contributed by atoms with E-state index in [2.05, 4.69) is 88.1 Å². The number of hydrogen-bond acceptors (Lipinski definition) is 4. The van der Waals surface area contributed by atoms with Crippen molar-refractivity contribution < 1.29 is 30.0 Å². The fourth-order valence-corrected chi connectivity index (χ4v) is 6.26. The van der Waals surface area contributed by atoms with E-state index >= 15 is 0 Å². The smallest absolute Gasteiger partial charge is 0.162 e. The fraction of sp³-hybridized carbons (Fsp3) is 0.447. The molecule has 1 aromatic heterocycles. The summed E-state index contributed by atoms with van der Waals surface area (Å²) < 4.78 is 0. The molecule has 5 heteroatoms. The third-order valence-corrected chi connectivity index (χ3v) is 9.07. The number of aromatic nitrogens is 2. The normalized spacial score (nSPS) is 13.9. The molecule has 0 unspecified atom stereocenters.